The van der Waals surface area contributed by atoms with Crippen LogP contribution in [0.15, 0.2) is 48.5 Å². The van der Waals surface area contributed by atoms with Crippen LogP contribution in [0.3, 0.4) is 0 Å². The molecule has 1 saturated heterocycles. The van der Waals surface area contributed by atoms with E-state index < -0.39 is 24.1 Å². The molecule has 0 spiro atoms. The lowest BCUT2D eigenvalue weighted by Crippen LogP contribution is -2.44. The molecule has 1 unspecified atom stereocenters. The number of amides is 2. The summed E-state index contributed by atoms with van der Waals surface area (Å²) in [5, 5.41) is 21.8. The van der Waals surface area contributed by atoms with E-state index in [1.165, 1.54) is 4.90 Å². The van der Waals surface area contributed by atoms with Crippen LogP contribution >= 0.6 is 0 Å². The summed E-state index contributed by atoms with van der Waals surface area (Å²) in [5.41, 5.74) is 4.49. The fourth-order valence-electron chi connectivity index (χ4n) is 4.66. The highest BCUT2D eigenvalue weighted by molar-refractivity contribution is 5.79. The number of fused-ring (bicyclic) bond motifs is 3. The first-order chi connectivity index (χ1) is 15.9. The summed E-state index contributed by atoms with van der Waals surface area (Å²) in [5.74, 6) is -1.86. The van der Waals surface area contributed by atoms with Gasteiger partial charge in [0, 0.05) is 25.6 Å². The molecule has 0 aromatic heterocycles. The van der Waals surface area contributed by atoms with Crippen LogP contribution in [0.5, 0.6) is 0 Å². The van der Waals surface area contributed by atoms with Crippen molar-refractivity contribution in [3.8, 4) is 11.1 Å². The van der Waals surface area contributed by atoms with Gasteiger partial charge in [-0.15, -0.1) is 0 Å². The number of piperidine rings is 1. The third-order valence-corrected chi connectivity index (χ3v) is 6.36. The van der Waals surface area contributed by atoms with Crippen LogP contribution in [0, 0.1) is 5.92 Å². The highest BCUT2D eigenvalue weighted by atomic mass is 16.5. The number of nitrogens with zero attached hydrogens (tertiary/aromatic N) is 1. The standard InChI is InChI=1S/C25H28N2O6/c28-17(12-23(29)27-11-5-6-16(14-27)24(30)31)13-26-25(32)33-15-22-20-9-3-1-7-18(20)19-8-2-4-10-21(19)22/h1-4,7-10,16-17,22,28H,5-6,11-15H2,(H,26,32)(H,30,31)/t16-,17?/m1/s1. The van der Waals surface area contributed by atoms with Crippen LogP contribution < -0.4 is 5.32 Å². The van der Waals surface area contributed by atoms with Crippen molar-refractivity contribution in [1.29, 1.82) is 0 Å². The van der Waals surface area contributed by atoms with Crippen molar-refractivity contribution < 1.29 is 29.3 Å². The van der Waals surface area contributed by atoms with E-state index in [1.807, 2.05) is 36.4 Å². The van der Waals surface area contributed by atoms with Crippen molar-refractivity contribution in [2.24, 2.45) is 5.92 Å². The van der Waals surface area contributed by atoms with Crippen molar-refractivity contribution >= 4 is 18.0 Å². The summed E-state index contributed by atoms with van der Waals surface area (Å²) in [7, 11) is 0. The van der Waals surface area contributed by atoms with Gasteiger partial charge in [0.1, 0.15) is 6.61 Å². The van der Waals surface area contributed by atoms with Crippen LogP contribution in [0.25, 0.3) is 11.1 Å². The van der Waals surface area contributed by atoms with Gasteiger partial charge < -0.3 is 25.2 Å². The van der Waals surface area contributed by atoms with Crippen LogP contribution in [0.4, 0.5) is 4.79 Å². The molecule has 8 heteroatoms. The number of hydrogen-bond donors (Lipinski definition) is 3. The van der Waals surface area contributed by atoms with Gasteiger partial charge in [-0.2, -0.15) is 0 Å². The second kappa shape index (κ2) is 10.0. The third-order valence-electron chi connectivity index (χ3n) is 6.36. The Bertz CT molecular complexity index is 994. The Balaban J connectivity index is 1.25. The van der Waals surface area contributed by atoms with Crippen molar-refractivity contribution in [1.82, 2.24) is 10.2 Å². The molecule has 33 heavy (non-hydrogen) atoms. The van der Waals surface area contributed by atoms with Gasteiger partial charge in [0.15, 0.2) is 0 Å². The summed E-state index contributed by atoms with van der Waals surface area (Å²) in [6, 6.07) is 16.1. The van der Waals surface area contributed by atoms with E-state index >= 15 is 0 Å². The number of aliphatic carboxylic acids is 1. The number of benzene rings is 2. The maximum Gasteiger partial charge on any atom is 0.407 e. The molecular formula is C25H28N2O6. The van der Waals surface area contributed by atoms with Crippen LogP contribution in [0.1, 0.15) is 36.3 Å². The fraction of sp³-hybridized carbons (Fsp3) is 0.400. The average molecular weight is 453 g/mol. The van der Waals surface area contributed by atoms with Gasteiger partial charge in [-0.1, -0.05) is 48.5 Å². The number of carbonyl (C=O) groups is 3. The number of alkyl carbamates (subject to hydrolysis) is 1. The number of carboxylic acids is 1. The molecule has 0 radical (unpaired) electrons. The summed E-state index contributed by atoms with van der Waals surface area (Å²) >= 11 is 0. The van der Waals surface area contributed by atoms with Gasteiger partial charge >= 0.3 is 12.1 Å². The molecular weight excluding hydrogens is 424 g/mol. The zero-order chi connectivity index (χ0) is 23.4. The maximum atomic E-state index is 12.4. The number of rotatable bonds is 7. The molecule has 1 aliphatic carbocycles. The van der Waals surface area contributed by atoms with Crippen LogP contribution in [-0.2, 0) is 14.3 Å². The molecule has 2 aliphatic rings. The number of carboxylic acid groups (broad SMARTS) is 1. The van der Waals surface area contributed by atoms with E-state index in [1.54, 1.807) is 0 Å². The van der Waals surface area contributed by atoms with Gasteiger partial charge in [-0.3, -0.25) is 9.59 Å². The summed E-state index contributed by atoms with van der Waals surface area (Å²) in [6.07, 6.45) is -0.756. The smallest absolute Gasteiger partial charge is 0.407 e. The zero-order valence-corrected chi connectivity index (χ0v) is 18.3. The topological polar surface area (TPSA) is 116 Å². The first-order valence-corrected chi connectivity index (χ1v) is 11.2. The summed E-state index contributed by atoms with van der Waals surface area (Å²) < 4.78 is 5.43. The number of aliphatic hydroxyl groups excluding tert-OH is 1. The second-order valence-corrected chi connectivity index (χ2v) is 8.58. The van der Waals surface area contributed by atoms with E-state index in [0.29, 0.717) is 19.4 Å². The summed E-state index contributed by atoms with van der Waals surface area (Å²) in [4.78, 5) is 37.2. The Hall–Kier alpha value is -3.39. The first kappa shape index (κ1) is 22.8. The molecule has 3 N–H and O–H groups in total. The largest absolute Gasteiger partial charge is 0.481 e. The first-order valence-electron chi connectivity index (χ1n) is 11.2. The number of carbonyl (C=O) groups excluding carboxylic acids is 2. The Labute approximate surface area is 192 Å². The van der Waals surface area contributed by atoms with Crippen LogP contribution in [-0.4, -0.2) is 65.4 Å². The minimum atomic E-state index is -1.08. The Morgan fingerprint density at radius 2 is 1.70 bits per heavy atom. The molecule has 2 aromatic rings. The second-order valence-electron chi connectivity index (χ2n) is 8.58. The molecule has 1 aliphatic heterocycles. The predicted octanol–water partition coefficient (Wildman–Crippen LogP) is 2.60. The normalized spacial score (nSPS) is 18.2. The number of nitrogens with one attached hydrogen (secondary N) is 1. The Kier molecular flexibility index (Phi) is 6.93. The average Bonchev–Trinajstić information content (AvgIpc) is 3.15. The zero-order valence-electron chi connectivity index (χ0n) is 18.3. The lowest BCUT2D eigenvalue weighted by Gasteiger charge is -2.31. The molecule has 2 aromatic carbocycles. The number of ether oxygens (including phenoxy) is 1. The maximum absolute atomic E-state index is 12.4. The lowest BCUT2D eigenvalue weighted by atomic mass is 9.98. The van der Waals surface area contributed by atoms with Crippen molar-refractivity contribution in [3.05, 3.63) is 59.7 Å². The van der Waals surface area contributed by atoms with Gasteiger partial charge in [-0.05, 0) is 35.1 Å². The Morgan fingerprint density at radius 1 is 1.06 bits per heavy atom. The minimum absolute atomic E-state index is 0.0593. The van der Waals surface area contributed by atoms with Crippen molar-refractivity contribution in [3.63, 3.8) is 0 Å². The number of likely N-dealkylation sites (tertiary alicyclic amines) is 1. The molecule has 0 bridgehead atoms. The minimum Gasteiger partial charge on any atom is -0.481 e. The van der Waals surface area contributed by atoms with E-state index in [2.05, 4.69) is 17.4 Å². The molecule has 174 valence electrons. The van der Waals surface area contributed by atoms with E-state index in [0.717, 1.165) is 22.3 Å². The van der Waals surface area contributed by atoms with Gasteiger partial charge in [0.05, 0.1) is 18.4 Å². The van der Waals surface area contributed by atoms with E-state index in [9.17, 15) is 19.5 Å². The van der Waals surface area contributed by atoms with Crippen LogP contribution in [0.2, 0.25) is 0 Å². The van der Waals surface area contributed by atoms with Crippen molar-refractivity contribution in [2.45, 2.75) is 31.3 Å². The highest BCUT2D eigenvalue weighted by Gasteiger charge is 2.30. The van der Waals surface area contributed by atoms with E-state index in [4.69, 9.17) is 9.84 Å². The number of hydrogen-bond acceptors (Lipinski definition) is 5. The quantitative estimate of drug-likeness (QED) is 0.595. The van der Waals surface area contributed by atoms with E-state index in [-0.39, 0.29) is 37.9 Å². The molecule has 4 rings (SSSR count). The van der Waals surface area contributed by atoms with Gasteiger partial charge in [0.25, 0.3) is 0 Å². The molecule has 1 fully saturated rings. The lowest BCUT2D eigenvalue weighted by molar-refractivity contribution is -0.146. The molecule has 2 amide bonds. The monoisotopic (exact) mass is 452 g/mol. The predicted molar refractivity (Wildman–Crippen MR) is 121 cm³/mol. The highest BCUT2D eigenvalue weighted by Crippen LogP contribution is 2.44. The fourth-order valence-corrected chi connectivity index (χ4v) is 4.66. The Morgan fingerprint density at radius 3 is 2.33 bits per heavy atom. The number of aliphatic hydroxyl groups is 1. The third kappa shape index (κ3) is 5.17. The summed E-state index contributed by atoms with van der Waals surface area (Å²) in [6.45, 7) is 0.674. The molecule has 1 heterocycles. The molecule has 0 saturated carbocycles. The van der Waals surface area contributed by atoms with Gasteiger partial charge in [0.2, 0.25) is 5.91 Å². The molecule has 2 atom stereocenters. The molecule has 8 nitrogen and oxygen atoms in total. The SMILES string of the molecule is O=C(NCC(O)CC(=O)N1CCC[C@@H](C(=O)O)C1)OCC1c2ccccc2-c2ccccc21. The van der Waals surface area contributed by atoms with Crippen molar-refractivity contribution in [2.75, 3.05) is 26.2 Å². The van der Waals surface area contributed by atoms with Gasteiger partial charge in [-0.25, -0.2) is 4.79 Å².